The number of rotatable bonds is 12. The average Bonchev–Trinajstić information content (AvgIpc) is 3.37. The molecule has 64 heavy (non-hydrogen) atoms. The summed E-state index contributed by atoms with van der Waals surface area (Å²) in [4.78, 5) is 118. The maximum Gasteiger partial charge on any atom is 0.410 e. The number of anilines is 2. The highest BCUT2D eigenvalue weighted by molar-refractivity contribution is 6.40. The average molecular weight is 881 g/mol. The molecule has 5 N–H and O–H groups in total. The van der Waals surface area contributed by atoms with Crippen LogP contribution in [0.1, 0.15) is 30.9 Å². The monoisotopic (exact) mass is 880 g/mol. The Kier molecular flexibility index (Phi) is 10.9. The van der Waals surface area contributed by atoms with Crippen LogP contribution in [-0.2, 0) is 33.4 Å². The molecule has 1 aliphatic carbocycles. The molecule has 332 valence electrons. The Labute approximate surface area is 360 Å². The summed E-state index contributed by atoms with van der Waals surface area (Å²) in [5, 5.41) is 24.0. The summed E-state index contributed by atoms with van der Waals surface area (Å²) in [5.74, 6) is -4.49. The number of phenolic OH excluding ortho intramolecular Hbond substituents is 1. The van der Waals surface area contributed by atoms with E-state index < -0.39 is 71.4 Å². The van der Waals surface area contributed by atoms with E-state index >= 15 is 4.79 Å². The molecule has 1 unspecified atom stereocenters. The number of methoxy groups -OCH3 is 3. The number of hydrogen-bond acceptors (Lipinski definition) is 17. The van der Waals surface area contributed by atoms with E-state index in [2.05, 4.69) is 21.3 Å². The number of hydrogen-bond donors (Lipinski definition) is 5. The lowest BCUT2D eigenvalue weighted by molar-refractivity contribution is -0.136. The third-order valence-corrected chi connectivity index (χ3v) is 11.4. The third kappa shape index (κ3) is 6.93. The van der Waals surface area contributed by atoms with E-state index in [1.807, 2.05) is 0 Å². The van der Waals surface area contributed by atoms with Crippen LogP contribution in [0.3, 0.4) is 0 Å². The van der Waals surface area contributed by atoms with Crippen molar-refractivity contribution >= 4 is 102 Å². The Bertz CT molecular complexity index is 3030. The standard InChI is InChI=1S/C43H40N6O15/c1-17-10-19-29-34-30(39(56)38(19)45-7-9-64-43(59)49-15-26(54)47-27(55)16-49)20(44-6-8-63-42(58)48-13-24(52)46-25(53)14-48)11-22(60-3)32(34)33-23(61-4)12-21(51)31-36(33)35(29)37(28(17)18(2)50)41(62-5)40(31)57/h10-12,28,44-45,57H,6-9,13-16H2,1-5H3,(H,46,52,53)(H,47,54,55). The molecule has 0 spiro atoms. The number of aromatic hydroxyl groups is 1. The van der Waals surface area contributed by atoms with Crippen LogP contribution in [-0.4, -0.2) is 130 Å². The number of nitrogens with zero attached hydrogens (tertiary/aromatic N) is 2. The highest BCUT2D eigenvalue weighted by Crippen LogP contribution is 2.57. The summed E-state index contributed by atoms with van der Waals surface area (Å²) >= 11 is 0. The van der Waals surface area contributed by atoms with Gasteiger partial charge in [-0.3, -0.25) is 54.0 Å². The first-order chi connectivity index (χ1) is 30.6. The van der Waals surface area contributed by atoms with Gasteiger partial charge in [-0.25, -0.2) is 9.59 Å². The Morgan fingerprint density at radius 3 is 1.72 bits per heavy atom. The Morgan fingerprint density at radius 1 is 0.688 bits per heavy atom. The number of phenols is 1. The molecule has 21 heteroatoms. The number of allylic oxidation sites excluding steroid dienone is 1. The summed E-state index contributed by atoms with van der Waals surface area (Å²) in [6.45, 7) is 0.569. The van der Waals surface area contributed by atoms with Crippen molar-refractivity contribution in [1.82, 2.24) is 20.4 Å². The van der Waals surface area contributed by atoms with E-state index in [-0.39, 0.29) is 106 Å². The fourth-order valence-electron chi connectivity index (χ4n) is 8.96. The first-order valence-electron chi connectivity index (χ1n) is 19.8. The second kappa shape index (κ2) is 16.4. The molecule has 0 bridgehead atoms. The van der Waals surface area contributed by atoms with E-state index in [4.69, 9.17) is 23.7 Å². The number of Topliss-reactive ketones (excluding diaryl/α,β-unsaturated/α-hetero) is 1. The Balaban J connectivity index is 1.35. The van der Waals surface area contributed by atoms with Gasteiger partial charge in [-0.2, -0.15) is 0 Å². The van der Waals surface area contributed by atoms with Crippen LogP contribution in [0.2, 0.25) is 0 Å². The molecule has 0 saturated carbocycles. The number of fused-ring (bicyclic) bond motifs is 1. The molecule has 0 radical (unpaired) electrons. The van der Waals surface area contributed by atoms with Gasteiger partial charge >= 0.3 is 12.2 Å². The van der Waals surface area contributed by atoms with E-state index in [0.717, 1.165) is 9.80 Å². The molecular weight excluding hydrogens is 840 g/mol. The quantitative estimate of drug-likeness (QED) is 0.0517. The summed E-state index contributed by atoms with van der Waals surface area (Å²) in [5.41, 5.74) is -0.107. The molecule has 2 fully saturated rings. The van der Waals surface area contributed by atoms with Gasteiger partial charge in [0.25, 0.3) is 0 Å². The maximum absolute atomic E-state index is 15.3. The summed E-state index contributed by atoms with van der Waals surface area (Å²) < 4.78 is 28.4. The number of piperazine rings is 2. The van der Waals surface area contributed by atoms with Crippen molar-refractivity contribution in [2.24, 2.45) is 0 Å². The molecule has 0 aromatic heterocycles. The second-order valence-corrected chi connectivity index (χ2v) is 15.3. The van der Waals surface area contributed by atoms with Crippen molar-refractivity contribution < 1.29 is 62.4 Å². The van der Waals surface area contributed by atoms with Crippen molar-refractivity contribution in [2.45, 2.75) is 19.8 Å². The molecule has 21 nitrogen and oxygen atoms in total. The van der Waals surface area contributed by atoms with E-state index in [0.29, 0.717) is 27.1 Å². The SMILES string of the molecule is COc1c(O)c2c(=O)cc(OC)c3c4c(OC)cc(NCCOC(=O)N5CC(=O)NC(=O)C5)c5c(=O)c(NCCOC(=O)N6CC(=O)NC(=O)C6)c6c(c(c1C(C(C)=O)C(C)=C6)c23)c54. The minimum atomic E-state index is -1.06. The van der Waals surface area contributed by atoms with Crippen LogP contribution in [0.15, 0.2) is 27.3 Å². The molecule has 8 rings (SSSR count). The fourth-order valence-corrected chi connectivity index (χ4v) is 8.96. The number of carbonyl (C=O) groups excluding carboxylic acids is 7. The lowest BCUT2D eigenvalue weighted by Crippen LogP contribution is -2.53. The van der Waals surface area contributed by atoms with Crippen molar-refractivity contribution in [3.8, 4) is 23.0 Å². The minimum Gasteiger partial charge on any atom is -0.504 e. The number of ketones is 1. The van der Waals surface area contributed by atoms with Crippen LogP contribution < -0.4 is 46.3 Å². The predicted octanol–water partition coefficient (Wildman–Crippen LogP) is 1.73. The molecule has 2 saturated heterocycles. The van der Waals surface area contributed by atoms with E-state index in [1.54, 1.807) is 13.0 Å². The molecule has 5 aromatic carbocycles. The number of imide groups is 2. The van der Waals surface area contributed by atoms with Gasteiger partial charge in [0.05, 0.1) is 43.7 Å². The summed E-state index contributed by atoms with van der Waals surface area (Å²) in [6, 6.07) is 2.73. The van der Waals surface area contributed by atoms with Crippen LogP contribution in [0, 0.1) is 0 Å². The topological polar surface area (TPSA) is 275 Å². The molecule has 2 heterocycles. The first kappa shape index (κ1) is 42.7. The number of ether oxygens (including phenoxy) is 5. The van der Waals surface area contributed by atoms with Crippen LogP contribution >= 0.6 is 0 Å². The van der Waals surface area contributed by atoms with Crippen molar-refractivity contribution in [1.29, 1.82) is 0 Å². The number of amides is 6. The van der Waals surface area contributed by atoms with Crippen molar-refractivity contribution in [3.63, 3.8) is 0 Å². The molecular formula is C43H40N6O15. The molecule has 3 aliphatic rings. The normalized spacial score (nSPS) is 16.2. The van der Waals surface area contributed by atoms with Gasteiger partial charge in [0.15, 0.2) is 16.9 Å². The maximum atomic E-state index is 15.3. The highest BCUT2D eigenvalue weighted by atomic mass is 16.6. The lowest BCUT2D eigenvalue weighted by Gasteiger charge is -2.26. The van der Waals surface area contributed by atoms with Crippen LogP contribution in [0.5, 0.6) is 23.0 Å². The van der Waals surface area contributed by atoms with Crippen LogP contribution in [0.4, 0.5) is 21.0 Å². The van der Waals surface area contributed by atoms with Crippen LogP contribution in [0.25, 0.3) is 49.2 Å². The van der Waals surface area contributed by atoms with Gasteiger partial charge in [-0.15, -0.1) is 0 Å². The minimum absolute atomic E-state index is 0.0203. The number of benzene rings is 5. The van der Waals surface area contributed by atoms with Gasteiger partial charge in [0, 0.05) is 69.0 Å². The molecule has 5 aromatic rings. The lowest BCUT2D eigenvalue weighted by atomic mass is 9.80. The largest absolute Gasteiger partial charge is 0.504 e. The second-order valence-electron chi connectivity index (χ2n) is 15.3. The zero-order valence-electron chi connectivity index (χ0n) is 35.0. The summed E-state index contributed by atoms with van der Waals surface area (Å²) in [7, 11) is 4.05. The zero-order valence-corrected chi connectivity index (χ0v) is 35.0. The zero-order chi connectivity index (χ0) is 45.9. The predicted molar refractivity (Wildman–Crippen MR) is 229 cm³/mol. The fraction of sp³-hybridized carbons (Fsp3) is 0.326. The van der Waals surface area contributed by atoms with Crippen molar-refractivity contribution in [2.75, 3.05) is 84.4 Å². The van der Waals surface area contributed by atoms with Gasteiger partial charge in [-0.1, -0.05) is 11.6 Å². The Hall–Kier alpha value is -7.97. The first-order valence-corrected chi connectivity index (χ1v) is 19.8. The smallest absolute Gasteiger partial charge is 0.410 e. The van der Waals surface area contributed by atoms with E-state index in [9.17, 15) is 43.5 Å². The molecule has 1 atom stereocenters. The van der Waals surface area contributed by atoms with E-state index in [1.165, 1.54) is 40.4 Å². The van der Waals surface area contributed by atoms with Crippen molar-refractivity contribution in [3.05, 3.63) is 49.3 Å². The van der Waals surface area contributed by atoms with Gasteiger partial charge in [-0.05, 0) is 19.2 Å². The van der Waals surface area contributed by atoms with Gasteiger partial charge < -0.3 is 39.4 Å². The molecule has 6 amide bonds. The number of carbonyl (C=O) groups is 7. The number of nitrogens with one attached hydrogen (secondary N) is 4. The molecule has 2 aliphatic heterocycles. The Morgan fingerprint density at radius 2 is 1.20 bits per heavy atom. The van der Waals surface area contributed by atoms with Gasteiger partial charge in [0.2, 0.25) is 29.1 Å². The highest BCUT2D eigenvalue weighted by Gasteiger charge is 2.38. The summed E-state index contributed by atoms with van der Waals surface area (Å²) in [6.07, 6.45) is -0.210. The third-order valence-electron chi connectivity index (χ3n) is 11.4. The van der Waals surface area contributed by atoms with Gasteiger partial charge in [0.1, 0.15) is 56.7 Å².